The number of rotatable bonds is 7. The van der Waals surface area contributed by atoms with Crippen LogP contribution in [-0.4, -0.2) is 50.2 Å². The third kappa shape index (κ3) is 3.64. The molecule has 0 spiro atoms. The number of hydrogen-bond acceptors (Lipinski definition) is 4. The molecular weight excluding hydrogens is 288 g/mol. The Morgan fingerprint density at radius 2 is 1.83 bits per heavy atom. The van der Waals surface area contributed by atoms with E-state index in [9.17, 15) is 0 Å². The Morgan fingerprint density at radius 1 is 1.13 bits per heavy atom. The van der Waals surface area contributed by atoms with Crippen LogP contribution in [0.5, 0.6) is 11.5 Å². The molecule has 0 aromatic heterocycles. The summed E-state index contributed by atoms with van der Waals surface area (Å²) in [7, 11) is 5.77. The number of nitrogens with zero attached hydrogens (tertiary/aromatic N) is 2. The third-order valence-corrected chi connectivity index (χ3v) is 5.19. The monoisotopic (exact) mass is 320 g/mol. The van der Waals surface area contributed by atoms with E-state index in [0.29, 0.717) is 6.04 Å². The summed E-state index contributed by atoms with van der Waals surface area (Å²) < 4.78 is 11.6. The fraction of sp³-hybridized carbons (Fsp3) is 0.684. The van der Waals surface area contributed by atoms with Gasteiger partial charge in [-0.3, -0.25) is 9.80 Å². The minimum Gasteiger partial charge on any atom is -0.496 e. The molecule has 4 nitrogen and oxygen atoms in total. The van der Waals surface area contributed by atoms with Gasteiger partial charge in [-0.05, 0) is 39.0 Å². The number of methoxy groups -OCH3 is 2. The zero-order valence-corrected chi connectivity index (χ0v) is 15.6. The average molecular weight is 320 g/mol. The van der Waals surface area contributed by atoms with Crippen LogP contribution < -0.4 is 9.47 Å². The number of benzene rings is 1. The van der Waals surface area contributed by atoms with Crippen LogP contribution >= 0.6 is 0 Å². The van der Waals surface area contributed by atoms with Gasteiger partial charge in [0.15, 0.2) is 0 Å². The highest BCUT2D eigenvalue weighted by Crippen LogP contribution is 2.40. The van der Waals surface area contributed by atoms with Gasteiger partial charge < -0.3 is 9.47 Å². The summed E-state index contributed by atoms with van der Waals surface area (Å²) in [6.45, 7) is 10.6. The highest BCUT2D eigenvalue weighted by molar-refractivity contribution is 5.55. The van der Waals surface area contributed by atoms with Crippen LogP contribution in [-0.2, 0) is 19.5 Å². The zero-order chi connectivity index (χ0) is 17.0. The van der Waals surface area contributed by atoms with E-state index in [4.69, 9.17) is 9.47 Å². The average Bonchev–Trinajstić information content (AvgIpc) is 2.58. The molecule has 1 aromatic rings. The summed E-state index contributed by atoms with van der Waals surface area (Å²) in [5.74, 6) is 2.07. The van der Waals surface area contributed by atoms with Gasteiger partial charge in [0.1, 0.15) is 11.5 Å². The van der Waals surface area contributed by atoms with E-state index in [1.54, 1.807) is 14.2 Å². The SMILES string of the molecule is CCC1Cc2c(c(OC)cc(CN(CC)CC)c2OC)CN1C. The second-order valence-electron chi connectivity index (χ2n) is 6.37. The van der Waals surface area contributed by atoms with Gasteiger partial charge in [0.05, 0.1) is 14.2 Å². The summed E-state index contributed by atoms with van der Waals surface area (Å²) >= 11 is 0. The maximum absolute atomic E-state index is 5.86. The molecule has 0 fully saturated rings. The van der Waals surface area contributed by atoms with Crippen molar-refractivity contribution in [3.05, 3.63) is 22.8 Å². The maximum Gasteiger partial charge on any atom is 0.127 e. The molecule has 0 bridgehead atoms. The van der Waals surface area contributed by atoms with Crippen LogP contribution in [0.4, 0.5) is 0 Å². The first kappa shape index (κ1) is 18.1. The Bertz CT molecular complexity index is 527. The fourth-order valence-corrected chi connectivity index (χ4v) is 3.65. The predicted octanol–water partition coefficient (Wildman–Crippen LogP) is 3.31. The van der Waals surface area contributed by atoms with Crippen LogP contribution in [0.3, 0.4) is 0 Å². The molecule has 4 heteroatoms. The van der Waals surface area contributed by atoms with Crippen molar-refractivity contribution in [2.24, 2.45) is 0 Å². The van der Waals surface area contributed by atoms with Gasteiger partial charge >= 0.3 is 0 Å². The Balaban J connectivity index is 2.50. The van der Waals surface area contributed by atoms with Crippen molar-refractivity contribution >= 4 is 0 Å². The normalized spacial score (nSPS) is 18.1. The quantitative estimate of drug-likeness (QED) is 0.769. The summed E-state index contributed by atoms with van der Waals surface area (Å²) in [6, 6.07) is 2.75. The Kier molecular flexibility index (Phi) is 6.31. The molecule has 1 heterocycles. The Labute approximate surface area is 141 Å². The number of likely N-dealkylation sites (N-methyl/N-ethyl adjacent to an activating group) is 1. The molecule has 1 aromatic carbocycles. The van der Waals surface area contributed by atoms with E-state index in [2.05, 4.69) is 43.7 Å². The van der Waals surface area contributed by atoms with Crippen molar-refractivity contribution < 1.29 is 9.47 Å². The smallest absolute Gasteiger partial charge is 0.127 e. The minimum atomic E-state index is 0.574. The topological polar surface area (TPSA) is 24.9 Å². The summed E-state index contributed by atoms with van der Waals surface area (Å²) in [5, 5.41) is 0. The molecule has 1 aliphatic rings. The zero-order valence-electron chi connectivity index (χ0n) is 15.6. The summed E-state index contributed by atoms with van der Waals surface area (Å²) in [5.41, 5.74) is 3.88. The number of hydrogen-bond donors (Lipinski definition) is 0. The standard InChI is InChI=1S/C19H32N2O2/c1-7-15-11-16-17(13-20(15)4)18(22-5)10-14(19(16)23-6)12-21(8-2)9-3/h10,15H,7-9,11-13H2,1-6H3. The first-order valence-corrected chi connectivity index (χ1v) is 8.77. The highest BCUT2D eigenvalue weighted by atomic mass is 16.5. The van der Waals surface area contributed by atoms with E-state index >= 15 is 0 Å². The first-order chi connectivity index (χ1) is 11.1. The molecule has 23 heavy (non-hydrogen) atoms. The van der Waals surface area contributed by atoms with Gasteiger partial charge in [0.25, 0.3) is 0 Å². The molecule has 0 amide bonds. The molecule has 0 N–H and O–H groups in total. The molecule has 1 atom stereocenters. The van der Waals surface area contributed by atoms with Gasteiger partial charge in [0.2, 0.25) is 0 Å². The lowest BCUT2D eigenvalue weighted by atomic mass is 9.89. The van der Waals surface area contributed by atoms with Crippen LogP contribution in [0.1, 0.15) is 43.9 Å². The molecule has 1 aliphatic heterocycles. The second kappa shape index (κ2) is 8.02. The van der Waals surface area contributed by atoms with Gasteiger partial charge in [-0.2, -0.15) is 0 Å². The third-order valence-electron chi connectivity index (χ3n) is 5.19. The predicted molar refractivity (Wildman–Crippen MR) is 95.4 cm³/mol. The van der Waals surface area contributed by atoms with Crippen LogP contribution in [0.2, 0.25) is 0 Å². The van der Waals surface area contributed by atoms with E-state index in [-0.39, 0.29) is 0 Å². The van der Waals surface area contributed by atoms with E-state index < -0.39 is 0 Å². The van der Waals surface area contributed by atoms with Crippen molar-refractivity contribution in [3.8, 4) is 11.5 Å². The molecular formula is C19H32N2O2. The van der Waals surface area contributed by atoms with Crippen molar-refractivity contribution in [3.63, 3.8) is 0 Å². The van der Waals surface area contributed by atoms with Crippen molar-refractivity contribution in [2.75, 3.05) is 34.4 Å². The van der Waals surface area contributed by atoms with Gasteiger partial charge in [-0.25, -0.2) is 0 Å². The first-order valence-electron chi connectivity index (χ1n) is 8.77. The van der Waals surface area contributed by atoms with E-state index in [0.717, 1.165) is 50.5 Å². The van der Waals surface area contributed by atoms with Crippen molar-refractivity contribution in [1.29, 1.82) is 0 Å². The molecule has 130 valence electrons. The molecule has 0 radical (unpaired) electrons. The van der Waals surface area contributed by atoms with Crippen LogP contribution in [0.25, 0.3) is 0 Å². The van der Waals surface area contributed by atoms with E-state index in [1.165, 1.54) is 16.7 Å². The fourth-order valence-electron chi connectivity index (χ4n) is 3.65. The minimum absolute atomic E-state index is 0.574. The number of ether oxygens (including phenoxy) is 2. The maximum atomic E-state index is 5.86. The Morgan fingerprint density at radius 3 is 2.35 bits per heavy atom. The molecule has 0 saturated heterocycles. The molecule has 2 rings (SSSR count). The lowest BCUT2D eigenvalue weighted by Gasteiger charge is -2.36. The van der Waals surface area contributed by atoms with Gasteiger partial charge in [0, 0.05) is 35.8 Å². The van der Waals surface area contributed by atoms with Crippen molar-refractivity contribution in [1.82, 2.24) is 9.80 Å². The lowest BCUT2D eigenvalue weighted by molar-refractivity contribution is 0.202. The van der Waals surface area contributed by atoms with Gasteiger partial charge in [-0.1, -0.05) is 20.8 Å². The molecule has 0 saturated carbocycles. The highest BCUT2D eigenvalue weighted by Gasteiger charge is 2.29. The van der Waals surface area contributed by atoms with Crippen LogP contribution in [0, 0.1) is 0 Å². The van der Waals surface area contributed by atoms with Gasteiger partial charge in [-0.15, -0.1) is 0 Å². The Hall–Kier alpha value is -1.26. The van der Waals surface area contributed by atoms with Crippen LogP contribution in [0.15, 0.2) is 6.07 Å². The molecule has 1 unspecified atom stereocenters. The van der Waals surface area contributed by atoms with Crippen molar-refractivity contribution in [2.45, 2.75) is 52.7 Å². The largest absolute Gasteiger partial charge is 0.496 e. The second-order valence-corrected chi connectivity index (χ2v) is 6.37. The van der Waals surface area contributed by atoms with E-state index in [1.807, 2.05) is 0 Å². The summed E-state index contributed by atoms with van der Waals surface area (Å²) in [6.07, 6.45) is 2.19. The number of fused-ring (bicyclic) bond motifs is 1. The molecule has 0 aliphatic carbocycles. The summed E-state index contributed by atoms with van der Waals surface area (Å²) in [4.78, 5) is 4.84. The lowest BCUT2D eigenvalue weighted by Crippen LogP contribution is -2.37.